The van der Waals surface area contributed by atoms with E-state index >= 15 is 0 Å². The van der Waals surface area contributed by atoms with Crippen LogP contribution in [-0.2, 0) is 21.2 Å². The second kappa shape index (κ2) is 6.61. The number of nitrogens with zero attached hydrogens (tertiary/aromatic N) is 2. The van der Waals surface area contributed by atoms with Crippen LogP contribution in [0.4, 0.5) is 5.69 Å². The van der Waals surface area contributed by atoms with Crippen LogP contribution in [0.25, 0.3) is 0 Å². The maximum absolute atomic E-state index is 12.9. The van der Waals surface area contributed by atoms with Crippen molar-refractivity contribution >= 4 is 21.6 Å². The SMILES string of the molecule is CCCS(=O)(=O)N1CCC[C@H](C(=O)N2CCc3ccccc32)C1. The Labute approximate surface area is 138 Å². The number of hydrogen-bond donors (Lipinski definition) is 0. The Bertz CT molecular complexity index is 687. The lowest BCUT2D eigenvalue weighted by molar-refractivity contribution is -0.123. The van der Waals surface area contributed by atoms with E-state index in [0.717, 1.165) is 24.9 Å². The van der Waals surface area contributed by atoms with Crippen molar-refractivity contribution in [2.24, 2.45) is 5.92 Å². The molecule has 1 aromatic rings. The number of rotatable bonds is 4. The second-order valence-corrected chi connectivity index (χ2v) is 8.47. The number of anilines is 1. The highest BCUT2D eigenvalue weighted by atomic mass is 32.2. The molecule has 2 aliphatic rings. The molecular formula is C17H24N2O3S. The summed E-state index contributed by atoms with van der Waals surface area (Å²) in [4.78, 5) is 14.7. The summed E-state index contributed by atoms with van der Waals surface area (Å²) in [6.07, 6.45) is 3.02. The van der Waals surface area contributed by atoms with Crippen molar-refractivity contribution in [2.75, 3.05) is 30.3 Å². The van der Waals surface area contributed by atoms with E-state index in [4.69, 9.17) is 0 Å². The highest BCUT2D eigenvalue weighted by molar-refractivity contribution is 7.89. The van der Waals surface area contributed by atoms with Crippen molar-refractivity contribution in [3.05, 3.63) is 29.8 Å². The van der Waals surface area contributed by atoms with Gasteiger partial charge < -0.3 is 4.90 Å². The summed E-state index contributed by atoms with van der Waals surface area (Å²) in [6.45, 7) is 3.45. The number of carbonyl (C=O) groups is 1. The van der Waals surface area contributed by atoms with Crippen LogP contribution in [0.15, 0.2) is 24.3 Å². The molecule has 1 amide bonds. The monoisotopic (exact) mass is 336 g/mol. The van der Waals surface area contributed by atoms with E-state index in [1.165, 1.54) is 9.87 Å². The standard InChI is InChI=1S/C17H24N2O3S/c1-2-12-23(21,22)18-10-5-7-15(13-18)17(20)19-11-9-14-6-3-4-8-16(14)19/h3-4,6,8,15H,2,5,7,9-13H2,1H3/t15-/m0/s1. The van der Waals surface area contributed by atoms with Gasteiger partial charge in [0.15, 0.2) is 0 Å². The number of fused-ring (bicyclic) bond motifs is 1. The zero-order valence-electron chi connectivity index (χ0n) is 13.6. The van der Waals surface area contributed by atoms with Crippen LogP contribution in [-0.4, -0.2) is 44.0 Å². The summed E-state index contributed by atoms with van der Waals surface area (Å²) < 4.78 is 26.1. The second-order valence-electron chi connectivity index (χ2n) is 6.38. The number of carbonyl (C=O) groups excluding carboxylic acids is 1. The van der Waals surface area contributed by atoms with Gasteiger partial charge in [0, 0.05) is 25.3 Å². The zero-order valence-corrected chi connectivity index (χ0v) is 14.4. The molecule has 3 rings (SSSR count). The summed E-state index contributed by atoms with van der Waals surface area (Å²) in [6, 6.07) is 7.98. The highest BCUT2D eigenvalue weighted by Crippen LogP contribution is 2.31. The Morgan fingerprint density at radius 1 is 1.26 bits per heavy atom. The van der Waals surface area contributed by atoms with Crippen LogP contribution in [0, 0.1) is 5.92 Å². The van der Waals surface area contributed by atoms with Crippen LogP contribution in [0.1, 0.15) is 31.7 Å². The van der Waals surface area contributed by atoms with Crippen molar-refractivity contribution in [1.82, 2.24) is 4.31 Å². The van der Waals surface area contributed by atoms with E-state index in [1.807, 2.05) is 30.0 Å². The number of amides is 1. The third kappa shape index (κ3) is 3.28. The predicted octanol–water partition coefficient (Wildman–Crippen LogP) is 2.03. The van der Waals surface area contributed by atoms with E-state index in [1.54, 1.807) is 0 Å². The molecule has 0 spiro atoms. The predicted molar refractivity (Wildman–Crippen MR) is 90.9 cm³/mol. The molecule has 1 saturated heterocycles. The Morgan fingerprint density at radius 2 is 2.04 bits per heavy atom. The van der Waals surface area contributed by atoms with Crippen LogP contribution < -0.4 is 4.90 Å². The minimum atomic E-state index is -3.22. The Morgan fingerprint density at radius 3 is 2.83 bits per heavy atom. The minimum absolute atomic E-state index is 0.0753. The average molecular weight is 336 g/mol. The Balaban J connectivity index is 1.74. The Hall–Kier alpha value is -1.40. The Kier molecular flexibility index (Phi) is 4.73. The molecule has 0 bridgehead atoms. The van der Waals surface area contributed by atoms with Gasteiger partial charge in [-0.05, 0) is 37.3 Å². The quantitative estimate of drug-likeness (QED) is 0.845. The van der Waals surface area contributed by atoms with E-state index < -0.39 is 10.0 Å². The van der Waals surface area contributed by atoms with Crippen LogP contribution in [0.2, 0.25) is 0 Å². The van der Waals surface area contributed by atoms with Gasteiger partial charge in [0.05, 0.1) is 11.7 Å². The van der Waals surface area contributed by atoms with Gasteiger partial charge in [-0.3, -0.25) is 4.79 Å². The summed E-state index contributed by atoms with van der Waals surface area (Å²) >= 11 is 0. The lowest BCUT2D eigenvalue weighted by Gasteiger charge is -2.33. The highest BCUT2D eigenvalue weighted by Gasteiger charge is 2.35. The number of para-hydroxylation sites is 1. The normalized spacial score (nSPS) is 22.1. The van der Waals surface area contributed by atoms with Crippen LogP contribution >= 0.6 is 0 Å². The molecule has 2 heterocycles. The maximum atomic E-state index is 12.9. The molecule has 6 heteroatoms. The smallest absolute Gasteiger partial charge is 0.231 e. The molecule has 1 aromatic carbocycles. The number of sulfonamides is 1. The largest absolute Gasteiger partial charge is 0.312 e. The van der Waals surface area contributed by atoms with Crippen molar-refractivity contribution < 1.29 is 13.2 Å². The minimum Gasteiger partial charge on any atom is -0.312 e. The first-order chi connectivity index (χ1) is 11.0. The van der Waals surface area contributed by atoms with Gasteiger partial charge in [-0.15, -0.1) is 0 Å². The van der Waals surface area contributed by atoms with Gasteiger partial charge >= 0.3 is 0 Å². The fraction of sp³-hybridized carbons (Fsp3) is 0.588. The van der Waals surface area contributed by atoms with Crippen molar-refractivity contribution in [1.29, 1.82) is 0 Å². The fourth-order valence-electron chi connectivity index (χ4n) is 3.57. The third-order valence-electron chi connectivity index (χ3n) is 4.74. The van der Waals surface area contributed by atoms with E-state index in [9.17, 15) is 13.2 Å². The summed E-state index contributed by atoms with van der Waals surface area (Å²) in [5.41, 5.74) is 2.19. The van der Waals surface area contributed by atoms with E-state index in [-0.39, 0.29) is 17.6 Å². The third-order valence-corrected chi connectivity index (χ3v) is 6.78. The van der Waals surface area contributed by atoms with Gasteiger partial charge in [0.1, 0.15) is 0 Å². The van der Waals surface area contributed by atoms with Gasteiger partial charge in [0.25, 0.3) is 0 Å². The van der Waals surface area contributed by atoms with E-state index in [0.29, 0.717) is 26.1 Å². The van der Waals surface area contributed by atoms with Crippen molar-refractivity contribution in [3.63, 3.8) is 0 Å². The lowest BCUT2D eigenvalue weighted by Crippen LogP contribution is -2.47. The molecule has 5 nitrogen and oxygen atoms in total. The molecule has 126 valence electrons. The molecule has 0 unspecified atom stereocenters. The summed E-state index contributed by atoms with van der Waals surface area (Å²) in [7, 11) is -3.22. The topological polar surface area (TPSA) is 57.7 Å². The first-order valence-electron chi connectivity index (χ1n) is 8.40. The summed E-state index contributed by atoms with van der Waals surface area (Å²) in [5.74, 6) is 0.0216. The van der Waals surface area contributed by atoms with Crippen molar-refractivity contribution in [3.8, 4) is 0 Å². The number of hydrogen-bond acceptors (Lipinski definition) is 3. The van der Waals surface area contributed by atoms with Crippen LogP contribution in [0.3, 0.4) is 0 Å². The number of piperidine rings is 1. The fourth-order valence-corrected chi connectivity index (χ4v) is 5.16. The molecule has 0 aliphatic carbocycles. The van der Waals surface area contributed by atoms with Crippen LogP contribution in [0.5, 0.6) is 0 Å². The molecule has 0 N–H and O–H groups in total. The molecular weight excluding hydrogens is 312 g/mol. The molecule has 0 aromatic heterocycles. The molecule has 0 saturated carbocycles. The molecule has 0 radical (unpaired) electrons. The van der Waals surface area contributed by atoms with Gasteiger partial charge in [-0.1, -0.05) is 25.1 Å². The zero-order chi connectivity index (χ0) is 16.4. The lowest BCUT2D eigenvalue weighted by atomic mass is 9.98. The molecule has 1 atom stereocenters. The maximum Gasteiger partial charge on any atom is 0.231 e. The number of benzene rings is 1. The molecule has 1 fully saturated rings. The van der Waals surface area contributed by atoms with Crippen molar-refractivity contribution in [2.45, 2.75) is 32.6 Å². The first-order valence-corrected chi connectivity index (χ1v) is 10.0. The first kappa shape index (κ1) is 16.5. The molecule has 2 aliphatic heterocycles. The summed E-state index contributed by atoms with van der Waals surface area (Å²) in [5, 5.41) is 0. The van der Waals surface area contributed by atoms with E-state index in [2.05, 4.69) is 6.07 Å². The van der Waals surface area contributed by atoms with Gasteiger partial charge in [-0.25, -0.2) is 12.7 Å². The van der Waals surface area contributed by atoms with Gasteiger partial charge in [0.2, 0.25) is 15.9 Å². The molecule has 23 heavy (non-hydrogen) atoms. The average Bonchev–Trinajstić information content (AvgIpc) is 2.98. The van der Waals surface area contributed by atoms with Gasteiger partial charge in [-0.2, -0.15) is 0 Å².